The Morgan fingerprint density at radius 2 is 1.47 bits per heavy atom. The van der Waals surface area contributed by atoms with E-state index in [4.69, 9.17) is 6.42 Å². The minimum absolute atomic E-state index is 0.0310. The Kier molecular flexibility index (Phi) is 8.93. The Balaban J connectivity index is 1.23. The number of nitrogens with one attached hydrogen (secondary N) is 1. The molecule has 0 bridgehead atoms. The van der Waals surface area contributed by atoms with Crippen molar-refractivity contribution in [1.82, 2.24) is 5.32 Å². The van der Waals surface area contributed by atoms with Gasteiger partial charge in [0.15, 0.2) is 5.71 Å². The molecule has 1 N–H and O–H groups in total. The van der Waals surface area contributed by atoms with Gasteiger partial charge in [-0.25, -0.2) is 0 Å². The maximum absolute atomic E-state index is 12.0. The molecule has 4 nitrogen and oxygen atoms in total. The largest absolute Gasteiger partial charge is 0.345 e. The number of carbonyl (C=O) groups is 1. The third-order valence-corrected chi connectivity index (χ3v) is 10.1. The van der Waals surface area contributed by atoms with Gasteiger partial charge in [-0.15, -0.1) is 6.42 Å². The molecule has 0 aromatic heterocycles. The van der Waals surface area contributed by atoms with Gasteiger partial charge in [0.25, 0.3) is 0 Å². The molecular weight excluding hydrogens is 574 g/mol. The Bertz CT molecular complexity index is 2010. The highest BCUT2D eigenvalue weighted by Crippen LogP contribution is 2.49. The summed E-state index contributed by atoms with van der Waals surface area (Å²) in [6.45, 7) is 10.5. The molecule has 2 aliphatic heterocycles. The number of rotatable bonds is 10. The first-order valence-corrected chi connectivity index (χ1v) is 16.8. The van der Waals surface area contributed by atoms with Crippen molar-refractivity contribution >= 4 is 44.5 Å². The molecule has 1 amide bonds. The van der Waals surface area contributed by atoms with E-state index >= 15 is 0 Å². The summed E-state index contributed by atoms with van der Waals surface area (Å²) in [6, 6.07) is 26.6. The van der Waals surface area contributed by atoms with Crippen molar-refractivity contribution in [3.05, 3.63) is 120 Å². The first-order chi connectivity index (χ1) is 22.6. The highest BCUT2D eigenvalue weighted by atomic mass is 16.1. The fraction of sp³-hybridized carbons (Fsp3) is 0.302. The van der Waals surface area contributed by atoms with E-state index in [1.54, 1.807) is 0 Å². The molecule has 4 aromatic rings. The maximum Gasteiger partial charge on any atom is 0.220 e. The van der Waals surface area contributed by atoms with Crippen molar-refractivity contribution in [3.63, 3.8) is 0 Å². The number of hydrogen-bond donors (Lipinski definition) is 1. The lowest BCUT2D eigenvalue weighted by atomic mass is 9.80. The van der Waals surface area contributed by atoms with Crippen LogP contribution in [-0.2, 0) is 15.6 Å². The van der Waals surface area contributed by atoms with Crippen LogP contribution in [0.4, 0.5) is 11.4 Å². The van der Waals surface area contributed by atoms with E-state index in [-0.39, 0.29) is 16.7 Å². The van der Waals surface area contributed by atoms with Gasteiger partial charge in [-0.3, -0.25) is 4.79 Å². The van der Waals surface area contributed by atoms with Gasteiger partial charge in [-0.2, -0.15) is 4.58 Å². The van der Waals surface area contributed by atoms with E-state index in [0.717, 1.165) is 25.8 Å². The molecule has 0 saturated heterocycles. The molecule has 238 valence electrons. The van der Waals surface area contributed by atoms with Crippen LogP contribution in [0.15, 0.2) is 109 Å². The number of terminal acetylenes is 1. The van der Waals surface area contributed by atoms with Crippen LogP contribution in [0, 0.1) is 12.3 Å². The molecule has 2 heterocycles. The summed E-state index contributed by atoms with van der Waals surface area (Å²) in [7, 11) is 2.18. The molecule has 4 heteroatoms. The Hall–Kier alpha value is -4.88. The quantitative estimate of drug-likeness (QED) is 0.0831. The number of nitrogens with zero attached hydrogens (tertiary/aromatic N) is 2. The van der Waals surface area contributed by atoms with Crippen LogP contribution in [0.25, 0.3) is 21.5 Å². The van der Waals surface area contributed by atoms with Crippen molar-refractivity contribution in [2.75, 3.05) is 25.0 Å². The standard InChI is InChI=1S/C43H45N3O/c1-7-25-44-41(47)24-12-9-17-26-46-38-30-34-21-16-14-19-32(34)28-36(38)43(4,5)40(46)23-11-8-10-22-39-42(2,3)35-27-31-18-13-15-20-33(31)29-37(35)45(39)6/h1,8,10-11,13-16,18-23,27-30H,9,12,17,24-26H2,2-6H3/p+1. The predicted molar refractivity (Wildman–Crippen MR) is 199 cm³/mol. The summed E-state index contributed by atoms with van der Waals surface area (Å²) in [6.07, 6.45) is 19.7. The van der Waals surface area contributed by atoms with Crippen LogP contribution in [0.3, 0.4) is 0 Å². The number of amides is 1. The van der Waals surface area contributed by atoms with E-state index in [9.17, 15) is 4.79 Å². The van der Waals surface area contributed by atoms with Crippen LogP contribution in [-0.4, -0.2) is 36.3 Å². The second-order valence-corrected chi connectivity index (χ2v) is 13.9. The molecule has 0 atom stereocenters. The Morgan fingerprint density at radius 1 is 0.830 bits per heavy atom. The van der Waals surface area contributed by atoms with Gasteiger partial charge in [-0.1, -0.05) is 92.9 Å². The van der Waals surface area contributed by atoms with Crippen molar-refractivity contribution in [3.8, 4) is 12.3 Å². The fourth-order valence-corrected chi connectivity index (χ4v) is 7.44. The first-order valence-electron chi connectivity index (χ1n) is 16.8. The molecule has 4 aromatic carbocycles. The number of hydrogen-bond acceptors (Lipinski definition) is 2. The van der Waals surface area contributed by atoms with Gasteiger partial charge in [0.05, 0.1) is 12.0 Å². The summed E-state index contributed by atoms with van der Waals surface area (Å²) in [4.78, 5) is 14.5. The number of unbranched alkanes of at least 4 members (excludes halogenated alkanes) is 2. The van der Waals surface area contributed by atoms with E-state index in [2.05, 4.69) is 159 Å². The molecule has 0 unspecified atom stereocenters. The van der Waals surface area contributed by atoms with Gasteiger partial charge in [-0.05, 0) is 78.1 Å². The van der Waals surface area contributed by atoms with Crippen molar-refractivity contribution < 1.29 is 9.37 Å². The summed E-state index contributed by atoms with van der Waals surface area (Å²) in [5.41, 5.74) is 7.63. The van der Waals surface area contributed by atoms with E-state index in [0.29, 0.717) is 13.0 Å². The third kappa shape index (κ3) is 6.15. The van der Waals surface area contributed by atoms with Crippen LogP contribution in [0.2, 0.25) is 0 Å². The van der Waals surface area contributed by atoms with E-state index < -0.39 is 0 Å². The SMILES string of the molecule is C#CCNC(=O)CCCCCN1/C(=C/C=C/C=C/C2=[N+](C)c3cc4ccccc4cc3C2(C)C)C(C)(C)c2cc3ccccc3cc21. The lowest BCUT2D eigenvalue weighted by Crippen LogP contribution is -2.27. The third-order valence-electron chi connectivity index (χ3n) is 10.1. The van der Waals surface area contributed by atoms with Gasteiger partial charge >= 0.3 is 0 Å². The minimum atomic E-state index is -0.144. The summed E-state index contributed by atoms with van der Waals surface area (Å²) in [5.74, 6) is 2.50. The first kappa shape index (κ1) is 32.1. The molecule has 0 radical (unpaired) electrons. The van der Waals surface area contributed by atoms with E-state index in [1.165, 1.54) is 55.5 Å². The maximum atomic E-state index is 12.0. The summed E-state index contributed by atoms with van der Waals surface area (Å²) < 4.78 is 2.34. The Morgan fingerprint density at radius 3 is 2.15 bits per heavy atom. The van der Waals surface area contributed by atoms with Crippen LogP contribution < -0.4 is 10.2 Å². The average molecular weight is 621 g/mol. The van der Waals surface area contributed by atoms with Crippen LogP contribution in [0.5, 0.6) is 0 Å². The fourth-order valence-electron chi connectivity index (χ4n) is 7.44. The number of carbonyl (C=O) groups excluding carboxylic acids is 1. The van der Waals surface area contributed by atoms with Crippen molar-refractivity contribution in [2.24, 2.45) is 0 Å². The second kappa shape index (κ2) is 13.1. The highest BCUT2D eigenvalue weighted by Gasteiger charge is 2.43. The number of fused-ring (bicyclic) bond motifs is 4. The number of allylic oxidation sites excluding steroid dienone is 6. The molecule has 0 saturated carbocycles. The molecule has 47 heavy (non-hydrogen) atoms. The van der Waals surface area contributed by atoms with Crippen LogP contribution >= 0.6 is 0 Å². The van der Waals surface area contributed by atoms with Gasteiger partial charge in [0.2, 0.25) is 11.6 Å². The lowest BCUT2D eigenvalue weighted by Gasteiger charge is -2.27. The summed E-state index contributed by atoms with van der Waals surface area (Å²) in [5, 5.41) is 7.85. The zero-order valence-electron chi connectivity index (χ0n) is 28.4. The molecule has 0 spiro atoms. The molecular formula is C43H46N3O+. The summed E-state index contributed by atoms with van der Waals surface area (Å²) >= 11 is 0. The smallest absolute Gasteiger partial charge is 0.220 e. The molecule has 0 aliphatic carbocycles. The monoisotopic (exact) mass is 620 g/mol. The Labute approximate surface area is 280 Å². The van der Waals surface area contributed by atoms with Crippen molar-refractivity contribution in [1.29, 1.82) is 0 Å². The highest BCUT2D eigenvalue weighted by molar-refractivity contribution is 6.04. The van der Waals surface area contributed by atoms with Gasteiger partial charge < -0.3 is 10.2 Å². The predicted octanol–water partition coefficient (Wildman–Crippen LogP) is 9.10. The van der Waals surface area contributed by atoms with Crippen molar-refractivity contribution in [2.45, 2.75) is 64.2 Å². The average Bonchev–Trinajstić information content (AvgIpc) is 3.38. The normalized spacial score (nSPS) is 17.3. The minimum Gasteiger partial charge on any atom is -0.345 e. The zero-order chi connectivity index (χ0) is 33.2. The number of benzene rings is 4. The topological polar surface area (TPSA) is 35.4 Å². The zero-order valence-corrected chi connectivity index (χ0v) is 28.4. The van der Waals surface area contributed by atoms with Gasteiger partial charge in [0.1, 0.15) is 7.05 Å². The number of anilines is 1. The molecule has 2 aliphatic rings. The van der Waals surface area contributed by atoms with E-state index in [1.807, 2.05) is 0 Å². The lowest BCUT2D eigenvalue weighted by molar-refractivity contribution is -0.401. The van der Waals surface area contributed by atoms with Gasteiger partial charge in [0, 0.05) is 47.5 Å². The molecule has 6 rings (SSSR count). The van der Waals surface area contributed by atoms with Crippen LogP contribution in [0.1, 0.15) is 64.5 Å². The molecule has 0 fully saturated rings. The second-order valence-electron chi connectivity index (χ2n) is 13.9.